The molecule has 2 N–H and O–H groups in total. The van der Waals surface area contributed by atoms with Gasteiger partial charge in [0.2, 0.25) is 5.91 Å². The summed E-state index contributed by atoms with van der Waals surface area (Å²) < 4.78 is 2.12. The summed E-state index contributed by atoms with van der Waals surface area (Å²) in [5.41, 5.74) is 2.37. The van der Waals surface area contributed by atoms with Crippen molar-refractivity contribution >= 4 is 5.91 Å². The van der Waals surface area contributed by atoms with Gasteiger partial charge in [0.1, 0.15) is 0 Å². The van der Waals surface area contributed by atoms with Crippen LogP contribution in [0.4, 0.5) is 0 Å². The summed E-state index contributed by atoms with van der Waals surface area (Å²) in [4.78, 5) is 12.0. The summed E-state index contributed by atoms with van der Waals surface area (Å²) in [6, 6.07) is 4.15. The number of carbonyl (C=O) groups excluding carboxylic acids is 1. The molecule has 2 rings (SSSR count). The van der Waals surface area contributed by atoms with Crippen LogP contribution in [0.3, 0.4) is 0 Å². The maximum Gasteiger partial charge on any atom is 0.220 e. The van der Waals surface area contributed by atoms with Crippen LogP contribution in [0.1, 0.15) is 37.6 Å². The molecule has 20 heavy (non-hydrogen) atoms. The lowest BCUT2D eigenvalue weighted by Gasteiger charge is -2.28. The number of rotatable bonds is 5. The Kier molecular flexibility index (Phi) is 5.24. The molecule has 4 nitrogen and oxygen atoms in total. The minimum atomic E-state index is 0.168. The molecule has 2 atom stereocenters. The Morgan fingerprint density at radius 1 is 1.55 bits per heavy atom. The SMILES string of the molecule is Cc1ccc(CNC(=O)CC(C)C2CCCNC2)n1C. The molecule has 2 unspecified atom stereocenters. The fourth-order valence-corrected chi connectivity index (χ4v) is 2.93. The largest absolute Gasteiger partial charge is 0.351 e. The van der Waals surface area contributed by atoms with Crippen LogP contribution in [0.15, 0.2) is 12.1 Å². The summed E-state index contributed by atoms with van der Waals surface area (Å²) in [7, 11) is 2.03. The Bertz CT molecular complexity index is 447. The fourth-order valence-electron chi connectivity index (χ4n) is 2.93. The molecule has 0 spiro atoms. The molecule has 0 radical (unpaired) electrons. The van der Waals surface area contributed by atoms with Crippen molar-refractivity contribution in [3.63, 3.8) is 0 Å². The molecule has 0 saturated carbocycles. The topological polar surface area (TPSA) is 46.1 Å². The normalized spacial score (nSPS) is 20.6. The Hall–Kier alpha value is -1.29. The third-order valence-corrected chi connectivity index (χ3v) is 4.59. The molecule has 112 valence electrons. The van der Waals surface area contributed by atoms with Crippen LogP contribution in [-0.4, -0.2) is 23.6 Å². The second kappa shape index (κ2) is 6.93. The molecule has 0 aromatic carbocycles. The number of carbonyl (C=O) groups is 1. The molecule has 1 aromatic heterocycles. The maximum absolute atomic E-state index is 12.0. The van der Waals surface area contributed by atoms with Crippen molar-refractivity contribution in [1.29, 1.82) is 0 Å². The average molecular weight is 277 g/mol. The fraction of sp³-hybridized carbons (Fsp3) is 0.688. The van der Waals surface area contributed by atoms with Gasteiger partial charge in [0.15, 0.2) is 0 Å². The van der Waals surface area contributed by atoms with Crippen molar-refractivity contribution in [2.45, 2.75) is 39.7 Å². The van der Waals surface area contributed by atoms with Crippen molar-refractivity contribution in [2.75, 3.05) is 13.1 Å². The molecule has 1 aliphatic rings. The third kappa shape index (κ3) is 3.85. The molecule has 1 aliphatic heterocycles. The van der Waals surface area contributed by atoms with Gasteiger partial charge >= 0.3 is 0 Å². The number of nitrogens with one attached hydrogen (secondary N) is 2. The van der Waals surface area contributed by atoms with E-state index in [2.05, 4.69) is 41.2 Å². The van der Waals surface area contributed by atoms with E-state index in [9.17, 15) is 4.79 Å². The van der Waals surface area contributed by atoms with Gasteiger partial charge in [-0.2, -0.15) is 0 Å². The minimum Gasteiger partial charge on any atom is -0.351 e. The second-order valence-corrected chi connectivity index (χ2v) is 6.09. The number of aryl methyl sites for hydroxylation is 1. The van der Waals surface area contributed by atoms with Gasteiger partial charge < -0.3 is 15.2 Å². The number of amides is 1. The zero-order chi connectivity index (χ0) is 14.5. The van der Waals surface area contributed by atoms with E-state index in [1.807, 2.05) is 7.05 Å². The molecule has 0 bridgehead atoms. The highest BCUT2D eigenvalue weighted by Crippen LogP contribution is 2.22. The lowest BCUT2D eigenvalue weighted by molar-refractivity contribution is -0.122. The second-order valence-electron chi connectivity index (χ2n) is 6.09. The van der Waals surface area contributed by atoms with Gasteiger partial charge in [0, 0.05) is 24.9 Å². The van der Waals surface area contributed by atoms with E-state index in [0.717, 1.165) is 18.8 Å². The van der Waals surface area contributed by atoms with E-state index in [1.54, 1.807) is 0 Å². The zero-order valence-electron chi connectivity index (χ0n) is 12.9. The van der Waals surface area contributed by atoms with Crippen LogP contribution in [0.2, 0.25) is 0 Å². The number of hydrogen-bond donors (Lipinski definition) is 2. The van der Waals surface area contributed by atoms with Gasteiger partial charge in [0.25, 0.3) is 0 Å². The molecule has 1 saturated heterocycles. The van der Waals surface area contributed by atoms with Crippen LogP contribution < -0.4 is 10.6 Å². The summed E-state index contributed by atoms with van der Waals surface area (Å²) in [6.45, 7) is 7.08. The van der Waals surface area contributed by atoms with Crippen molar-refractivity contribution in [2.24, 2.45) is 18.9 Å². The summed E-state index contributed by atoms with van der Waals surface area (Å²) in [6.07, 6.45) is 3.12. The molecule has 2 heterocycles. The molecular formula is C16H27N3O. The van der Waals surface area contributed by atoms with Crippen LogP contribution in [0.5, 0.6) is 0 Å². The van der Waals surface area contributed by atoms with Gasteiger partial charge in [-0.15, -0.1) is 0 Å². The van der Waals surface area contributed by atoms with Gasteiger partial charge in [-0.1, -0.05) is 6.92 Å². The molecule has 1 fully saturated rings. The van der Waals surface area contributed by atoms with Gasteiger partial charge in [-0.05, 0) is 56.8 Å². The van der Waals surface area contributed by atoms with E-state index in [4.69, 9.17) is 0 Å². The molecule has 4 heteroatoms. The molecular weight excluding hydrogens is 250 g/mol. The number of piperidine rings is 1. The molecule has 1 aromatic rings. The summed E-state index contributed by atoms with van der Waals surface area (Å²) in [5.74, 6) is 1.27. The standard InChI is InChI=1S/C16H27N3O/c1-12(14-5-4-8-17-10-14)9-16(20)18-11-15-7-6-13(2)19(15)3/h6-7,12,14,17H,4-5,8-11H2,1-3H3,(H,18,20). The van der Waals surface area contributed by atoms with Crippen molar-refractivity contribution in [3.8, 4) is 0 Å². The predicted molar refractivity (Wildman–Crippen MR) is 81.4 cm³/mol. The predicted octanol–water partition coefficient (Wildman–Crippen LogP) is 1.98. The molecule has 1 amide bonds. The number of hydrogen-bond acceptors (Lipinski definition) is 2. The molecule has 0 aliphatic carbocycles. The van der Waals surface area contributed by atoms with Gasteiger partial charge in [-0.3, -0.25) is 4.79 Å². The third-order valence-electron chi connectivity index (χ3n) is 4.59. The van der Waals surface area contributed by atoms with Gasteiger partial charge in [0.05, 0.1) is 6.54 Å². The van der Waals surface area contributed by atoms with Crippen LogP contribution in [0.25, 0.3) is 0 Å². The Balaban J connectivity index is 1.76. The van der Waals surface area contributed by atoms with Crippen molar-refractivity contribution in [1.82, 2.24) is 15.2 Å². The smallest absolute Gasteiger partial charge is 0.220 e. The zero-order valence-corrected chi connectivity index (χ0v) is 12.9. The Morgan fingerprint density at radius 3 is 2.95 bits per heavy atom. The maximum atomic E-state index is 12.0. The highest BCUT2D eigenvalue weighted by molar-refractivity contribution is 5.76. The van der Waals surface area contributed by atoms with Crippen molar-refractivity contribution in [3.05, 3.63) is 23.5 Å². The van der Waals surface area contributed by atoms with Crippen LogP contribution in [-0.2, 0) is 18.4 Å². The lowest BCUT2D eigenvalue weighted by atomic mass is 9.85. The average Bonchev–Trinajstić information content (AvgIpc) is 2.77. The highest BCUT2D eigenvalue weighted by atomic mass is 16.1. The number of aromatic nitrogens is 1. The van der Waals surface area contributed by atoms with Crippen molar-refractivity contribution < 1.29 is 4.79 Å². The van der Waals surface area contributed by atoms with Gasteiger partial charge in [-0.25, -0.2) is 0 Å². The van der Waals surface area contributed by atoms with E-state index < -0.39 is 0 Å². The van der Waals surface area contributed by atoms with E-state index in [1.165, 1.54) is 18.5 Å². The quantitative estimate of drug-likeness (QED) is 0.864. The highest BCUT2D eigenvalue weighted by Gasteiger charge is 2.21. The monoisotopic (exact) mass is 277 g/mol. The Labute approximate surface area is 121 Å². The first-order valence-corrected chi connectivity index (χ1v) is 7.66. The van der Waals surface area contributed by atoms with E-state index in [-0.39, 0.29) is 5.91 Å². The van der Waals surface area contributed by atoms with Crippen LogP contribution >= 0.6 is 0 Å². The Morgan fingerprint density at radius 2 is 2.35 bits per heavy atom. The first-order chi connectivity index (χ1) is 9.58. The van der Waals surface area contributed by atoms with Crippen LogP contribution in [0, 0.1) is 18.8 Å². The van der Waals surface area contributed by atoms with E-state index >= 15 is 0 Å². The minimum absolute atomic E-state index is 0.168. The van der Waals surface area contributed by atoms with E-state index in [0.29, 0.717) is 24.8 Å². The summed E-state index contributed by atoms with van der Waals surface area (Å²) >= 11 is 0. The lowest BCUT2D eigenvalue weighted by Crippen LogP contribution is -2.35. The number of nitrogens with zero attached hydrogens (tertiary/aromatic N) is 1. The summed E-state index contributed by atoms with van der Waals surface area (Å²) in [5, 5.41) is 6.46. The first-order valence-electron chi connectivity index (χ1n) is 7.66. The first kappa shape index (κ1) is 15.1.